The van der Waals surface area contributed by atoms with Gasteiger partial charge in [-0.1, -0.05) is 83.5 Å². The summed E-state index contributed by atoms with van der Waals surface area (Å²) in [6.07, 6.45) is 1.63. The largest absolute Gasteiger partial charge is 0.339 e. The van der Waals surface area contributed by atoms with Crippen LogP contribution in [0.2, 0.25) is 0 Å². The van der Waals surface area contributed by atoms with E-state index in [1.165, 1.54) is 18.0 Å². The lowest BCUT2D eigenvalue weighted by Gasteiger charge is -2.34. The van der Waals surface area contributed by atoms with Gasteiger partial charge in [0.25, 0.3) is 5.91 Å². The zero-order valence-corrected chi connectivity index (χ0v) is 17.1. The van der Waals surface area contributed by atoms with E-state index in [1.54, 1.807) is 13.8 Å². The molecule has 1 heterocycles. The average molecular weight is 445 g/mol. The fourth-order valence-corrected chi connectivity index (χ4v) is 2.42. The van der Waals surface area contributed by atoms with Gasteiger partial charge in [0.15, 0.2) is 7.59 Å². The van der Waals surface area contributed by atoms with E-state index in [0.717, 1.165) is 0 Å². The van der Waals surface area contributed by atoms with Crippen molar-refractivity contribution in [3.8, 4) is 0 Å². The van der Waals surface area contributed by atoms with E-state index in [1.807, 2.05) is 0 Å². The van der Waals surface area contributed by atoms with E-state index in [0.29, 0.717) is 0 Å². The molecule has 3 unspecified atom stereocenters. The van der Waals surface area contributed by atoms with Gasteiger partial charge < -0.3 is 10.2 Å². The number of piperazine rings is 1. The number of likely N-dealkylation sites (N-methyl/N-ethyl adjacent to an activating group) is 1. The number of amides is 2. The van der Waals surface area contributed by atoms with Crippen LogP contribution in [0.5, 0.6) is 0 Å². The molecular formula is C13H16Cl6N2O2. The molecule has 0 radical (unpaired) electrons. The van der Waals surface area contributed by atoms with E-state index in [9.17, 15) is 9.59 Å². The fourth-order valence-electron chi connectivity index (χ4n) is 1.96. The molecule has 3 atom stereocenters. The standard InChI is InChI=1S/C13H16Cl6N2O2/c1-6(12(14,15)16)4-8-11(23)21(3)9(10(22)20-8)5-7(2)13(17,18)19/h5-8H,4H2,1-3H3,(H,20,22)/b9-5+. The Hall–Kier alpha value is 0.420. The van der Waals surface area contributed by atoms with Gasteiger partial charge in [0.1, 0.15) is 11.7 Å². The number of rotatable bonds is 3. The third-order valence-electron chi connectivity index (χ3n) is 3.60. The maximum atomic E-state index is 12.4. The highest BCUT2D eigenvalue weighted by molar-refractivity contribution is 6.68. The van der Waals surface area contributed by atoms with Crippen molar-refractivity contribution in [2.45, 2.75) is 33.9 Å². The van der Waals surface area contributed by atoms with Crippen molar-refractivity contribution in [2.24, 2.45) is 11.8 Å². The third-order valence-corrected chi connectivity index (χ3v) is 5.75. The van der Waals surface area contributed by atoms with E-state index < -0.39 is 31.4 Å². The number of alkyl halides is 6. The minimum atomic E-state index is -1.59. The lowest BCUT2D eigenvalue weighted by atomic mass is 9.99. The smallest absolute Gasteiger partial charge is 0.268 e. The van der Waals surface area contributed by atoms with Crippen molar-refractivity contribution < 1.29 is 9.59 Å². The molecule has 0 aromatic rings. The highest BCUT2D eigenvalue weighted by Gasteiger charge is 2.40. The first-order valence-corrected chi connectivity index (χ1v) is 8.95. The summed E-state index contributed by atoms with van der Waals surface area (Å²) in [7, 11) is 1.48. The Kier molecular flexibility index (Phi) is 7.24. The van der Waals surface area contributed by atoms with Gasteiger partial charge in [-0.25, -0.2) is 0 Å². The molecule has 4 nitrogen and oxygen atoms in total. The van der Waals surface area contributed by atoms with Crippen LogP contribution in [0.15, 0.2) is 11.8 Å². The zero-order valence-electron chi connectivity index (χ0n) is 12.5. The van der Waals surface area contributed by atoms with Gasteiger partial charge in [-0.05, 0) is 12.5 Å². The molecule has 0 aromatic heterocycles. The molecular weight excluding hydrogens is 429 g/mol. The van der Waals surface area contributed by atoms with Gasteiger partial charge >= 0.3 is 0 Å². The Bertz CT molecular complexity index is 512. The first kappa shape index (κ1) is 21.5. The lowest BCUT2D eigenvalue weighted by Crippen LogP contribution is -2.56. The summed E-state index contributed by atoms with van der Waals surface area (Å²) in [4.78, 5) is 25.9. The van der Waals surface area contributed by atoms with Crippen LogP contribution in [-0.2, 0) is 9.59 Å². The monoisotopic (exact) mass is 442 g/mol. The molecule has 1 rings (SSSR count). The second-order valence-electron chi connectivity index (χ2n) is 5.48. The summed E-state index contributed by atoms with van der Waals surface area (Å²) in [6, 6.07) is -0.779. The van der Waals surface area contributed by atoms with Crippen LogP contribution in [0.1, 0.15) is 20.3 Å². The average Bonchev–Trinajstić information content (AvgIpc) is 2.38. The summed E-state index contributed by atoms with van der Waals surface area (Å²) in [6.45, 7) is 3.31. The number of hydrogen-bond donors (Lipinski definition) is 1. The number of carbonyl (C=O) groups is 2. The summed E-state index contributed by atoms with van der Waals surface area (Å²) >= 11 is 34.8. The highest BCUT2D eigenvalue weighted by atomic mass is 35.6. The van der Waals surface area contributed by atoms with E-state index in [4.69, 9.17) is 69.6 Å². The second kappa shape index (κ2) is 7.76. The van der Waals surface area contributed by atoms with Gasteiger partial charge in [0.2, 0.25) is 5.91 Å². The van der Waals surface area contributed by atoms with Gasteiger partial charge in [0, 0.05) is 18.9 Å². The maximum Gasteiger partial charge on any atom is 0.268 e. The minimum Gasteiger partial charge on any atom is -0.339 e. The Balaban J connectivity index is 2.94. The first-order valence-electron chi connectivity index (χ1n) is 6.68. The summed E-state index contributed by atoms with van der Waals surface area (Å²) in [5, 5.41) is 2.60. The van der Waals surface area contributed by atoms with Crippen LogP contribution < -0.4 is 5.32 Å². The number of nitrogens with one attached hydrogen (secondary N) is 1. The molecule has 132 valence electrons. The van der Waals surface area contributed by atoms with Crippen LogP contribution in [0, 0.1) is 11.8 Å². The Labute approximate surface area is 165 Å². The Morgan fingerprint density at radius 3 is 2.09 bits per heavy atom. The van der Waals surface area contributed by atoms with Gasteiger partial charge in [0.05, 0.1) is 0 Å². The lowest BCUT2D eigenvalue weighted by molar-refractivity contribution is -0.139. The molecule has 1 aliphatic heterocycles. The minimum absolute atomic E-state index is 0.117. The Morgan fingerprint density at radius 1 is 1.13 bits per heavy atom. The van der Waals surface area contributed by atoms with Crippen LogP contribution in [0.4, 0.5) is 0 Å². The quantitative estimate of drug-likeness (QED) is 0.523. The molecule has 0 bridgehead atoms. The highest BCUT2D eigenvalue weighted by Crippen LogP contribution is 2.38. The Morgan fingerprint density at radius 2 is 1.65 bits per heavy atom. The van der Waals surface area contributed by atoms with Gasteiger partial charge in [-0.3, -0.25) is 9.59 Å². The summed E-state index contributed by atoms with van der Waals surface area (Å²) in [5.41, 5.74) is 0.117. The van der Waals surface area contributed by atoms with Crippen molar-refractivity contribution in [1.29, 1.82) is 0 Å². The predicted octanol–water partition coefficient (Wildman–Crippen LogP) is 4.23. The van der Waals surface area contributed by atoms with E-state index in [2.05, 4.69) is 5.32 Å². The molecule has 1 saturated heterocycles. The van der Waals surface area contributed by atoms with Gasteiger partial charge in [-0.15, -0.1) is 0 Å². The molecule has 10 heteroatoms. The molecule has 1 fully saturated rings. The molecule has 2 amide bonds. The SMILES string of the molecule is CC(/C=C1\C(=O)NC(CC(C)C(Cl)(Cl)Cl)C(=O)N1C)C(Cl)(Cl)Cl. The van der Waals surface area contributed by atoms with Crippen LogP contribution in [0.3, 0.4) is 0 Å². The van der Waals surface area contributed by atoms with E-state index >= 15 is 0 Å². The third kappa shape index (κ3) is 5.72. The predicted molar refractivity (Wildman–Crippen MR) is 96.3 cm³/mol. The van der Waals surface area contributed by atoms with Crippen LogP contribution in [-0.4, -0.2) is 37.4 Å². The molecule has 23 heavy (non-hydrogen) atoms. The molecule has 1 N–H and O–H groups in total. The molecule has 0 spiro atoms. The maximum absolute atomic E-state index is 12.4. The molecule has 0 aromatic carbocycles. The van der Waals surface area contributed by atoms with Crippen molar-refractivity contribution in [3.63, 3.8) is 0 Å². The van der Waals surface area contributed by atoms with Crippen molar-refractivity contribution in [1.82, 2.24) is 10.2 Å². The number of carbonyl (C=O) groups excluding carboxylic acids is 2. The first-order chi connectivity index (χ1) is 10.2. The second-order valence-corrected chi connectivity index (χ2v) is 10.2. The number of nitrogens with zero attached hydrogens (tertiary/aromatic N) is 1. The van der Waals surface area contributed by atoms with Crippen LogP contribution >= 0.6 is 69.6 Å². The summed E-state index contributed by atoms with van der Waals surface area (Å²) < 4.78 is -3.11. The number of halogens is 6. The zero-order chi connectivity index (χ0) is 18.2. The van der Waals surface area contributed by atoms with Crippen molar-refractivity contribution >= 4 is 81.4 Å². The van der Waals surface area contributed by atoms with Gasteiger partial charge in [-0.2, -0.15) is 0 Å². The number of hydrogen-bond acceptors (Lipinski definition) is 2. The normalized spacial score (nSPS) is 24.7. The fraction of sp³-hybridized carbons (Fsp3) is 0.692. The van der Waals surface area contributed by atoms with Crippen molar-refractivity contribution in [2.75, 3.05) is 7.05 Å². The van der Waals surface area contributed by atoms with Crippen LogP contribution in [0.25, 0.3) is 0 Å². The molecule has 1 aliphatic rings. The molecule has 0 aliphatic carbocycles. The topological polar surface area (TPSA) is 49.4 Å². The summed E-state index contributed by atoms with van der Waals surface area (Å²) in [5.74, 6) is -1.77. The number of allylic oxidation sites excluding steroid dienone is 1. The van der Waals surface area contributed by atoms with Crippen molar-refractivity contribution in [3.05, 3.63) is 11.8 Å². The van der Waals surface area contributed by atoms with E-state index in [-0.39, 0.29) is 18.0 Å². The molecule has 0 saturated carbocycles.